The molecule has 0 heterocycles. The average molecular weight is 344 g/mol. The lowest BCUT2D eigenvalue weighted by atomic mass is 10.0. The zero-order chi connectivity index (χ0) is 18.4. The Hall–Kier alpha value is -3.07. The number of hydrogen-bond acceptors (Lipinski definition) is 2. The van der Waals surface area contributed by atoms with E-state index in [0.29, 0.717) is 0 Å². The molecule has 0 aliphatic heterocycles. The molecule has 0 aliphatic carbocycles. The van der Waals surface area contributed by atoms with Crippen molar-refractivity contribution >= 4 is 12.0 Å². The van der Waals surface area contributed by atoms with E-state index >= 15 is 0 Å². The second-order valence-corrected chi connectivity index (χ2v) is 5.36. The fraction of sp³-hybridized carbons (Fsp3) is 0.158. The molecule has 0 bridgehead atoms. The molecular formula is C19H15F3N2O. The van der Waals surface area contributed by atoms with Gasteiger partial charge in [-0.25, -0.2) is 0 Å². The molecule has 0 saturated heterocycles. The molecule has 0 fully saturated rings. The number of amides is 1. The Balaban J connectivity index is 2.27. The Morgan fingerprint density at radius 1 is 1.12 bits per heavy atom. The standard InChI is InChI=1S/C19H15F3N2O/c1-13(14-7-3-2-4-8-14)24-18(25)16(12-23)11-15-9-5-6-10-17(15)19(20,21)22/h2-11,13H,1H3,(H,24,25)/b16-11+/t13-/m0/s1. The first-order chi connectivity index (χ1) is 11.8. The number of carbonyl (C=O) groups is 1. The van der Waals surface area contributed by atoms with Gasteiger partial charge in [0.1, 0.15) is 11.6 Å². The SMILES string of the molecule is C[C@H](NC(=O)/C(C#N)=C/c1ccccc1C(F)(F)F)c1ccccc1. The Kier molecular flexibility index (Phi) is 5.60. The predicted molar refractivity (Wildman–Crippen MR) is 88.0 cm³/mol. The van der Waals surface area contributed by atoms with Crippen molar-refractivity contribution in [3.8, 4) is 6.07 Å². The van der Waals surface area contributed by atoms with Gasteiger partial charge in [0.2, 0.25) is 0 Å². The summed E-state index contributed by atoms with van der Waals surface area (Å²) in [6.07, 6.45) is -3.61. The molecule has 0 aliphatic rings. The quantitative estimate of drug-likeness (QED) is 0.656. The molecule has 0 saturated carbocycles. The maximum atomic E-state index is 13.0. The van der Waals surface area contributed by atoms with Gasteiger partial charge in [0.25, 0.3) is 5.91 Å². The number of halogens is 3. The Morgan fingerprint density at radius 3 is 2.32 bits per heavy atom. The molecule has 0 aromatic heterocycles. The van der Waals surface area contributed by atoms with E-state index < -0.39 is 17.6 Å². The van der Waals surface area contributed by atoms with Crippen LogP contribution in [0.15, 0.2) is 60.2 Å². The summed E-state index contributed by atoms with van der Waals surface area (Å²) in [5, 5.41) is 11.8. The van der Waals surface area contributed by atoms with Gasteiger partial charge in [-0.3, -0.25) is 4.79 Å². The van der Waals surface area contributed by atoms with Crippen molar-refractivity contribution < 1.29 is 18.0 Å². The van der Waals surface area contributed by atoms with E-state index in [-0.39, 0.29) is 17.2 Å². The monoisotopic (exact) mass is 344 g/mol. The van der Waals surface area contributed by atoms with E-state index in [4.69, 9.17) is 0 Å². The maximum Gasteiger partial charge on any atom is 0.416 e. The number of hydrogen-bond donors (Lipinski definition) is 1. The second kappa shape index (κ2) is 7.67. The zero-order valence-electron chi connectivity index (χ0n) is 13.3. The van der Waals surface area contributed by atoms with Gasteiger partial charge in [-0.15, -0.1) is 0 Å². The molecule has 6 heteroatoms. The number of carbonyl (C=O) groups excluding carboxylic acids is 1. The molecule has 128 valence electrons. The number of nitriles is 1. The zero-order valence-corrected chi connectivity index (χ0v) is 13.3. The van der Waals surface area contributed by atoms with Gasteiger partial charge in [0.05, 0.1) is 11.6 Å². The van der Waals surface area contributed by atoms with Gasteiger partial charge in [-0.05, 0) is 30.2 Å². The molecule has 0 spiro atoms. The third kappa shape index (κ3) is 4.70. The molecular weight excluding hydrogens is 329 g/mol. The van der Waals surface area contributed by atoms with Crippen LogP contribution in [0.5, 0.6) is 0 Å². The Morgan fingerprint density at radius 2 is 1.72 bits per heavy atom. The highest BCUT2D eigenvalue weighted by molar-refractivity contribution is 6.02. The topological polar surface area (TPSA) is 52.9 Å². The fourth-order valence-electron chi connectivity index (χ4n) is 2.28. The van der Waals surface area contributed by atoms with Crippen LogP contribution in [0.1, 0.15) is 29.7 Å². The fourth-order valence-corrected chi connectivity index (χ4v) is 2.28. The molecule has 1 amide bonds. The van der Waals surface area contributed by atoms with Crippen LogP contribution in [0, 0.1) is 11.3 Å². The summed E-state index contributed by atoms with van der Waals surface area (Å²) < 4.78 is 39.1. The molecule has 1 atom stereocenters. The van der Waals surface area contributed by atoms with Gasteiger partial charge < -0.3 is 5.32 Å². The molecule has 2 aromatic rings. The highest BCUT2D eigenvalue weighted by atomic mass is 19.4. The van der Waals surface area contributed by atoms with Crippen LogP contribution in [-0.2, 0) is 11.0 Å². The average Bonchev–Trinajstić information content (AvgIpc) is 2.59. The summed E-state index contributed by atoms with van der Waals surface area (Å²) in [7, 11) is 0. The first kappa shape index (κ1) is 18.3. The van der Waals surface area contributed by atoms with Crippen LogP contribution in [0.3, 0.4) is 0 Å². The van der Waals surface area contributed by atoms with Crippen molar-refractivity contribution in [1.82, 2.24) is 5.32 Å². The number of benzene rings is 2. The number of alkyl halides is 3. The van der Waals surface area contributed by atoms with Crippen LogP contribution in [0.2, 0.25) is 0 Å². The molecule has 25 heavy (non-hydrogen) atoms. The van der Waals surface area contributed by atoms with Crippen LogP contribution < -0.4 is 5.32 Å². The lowest BCUT2D eigenvalue weighted by Gasteiger charge is -2.14. The van der Waals surface area contributed by atoms with Crippen molar-refractivity contribution in [3.63, 3.8) is 0 Å². The first-order valence-electron chi connectivity index (χ1n) is 7.46. The third-order valence-electron chi connectivity index (χ3n) is 3.58. The summed E-state index contributed by atoms with van der Waals surface area (Å²) in [5.41, 5.74) is -0.691. The normalized spacial score (nSPS) is 13.0. The van der Waals surface area contributed by atoms with Crippen molar-refractivity contribution in [1.29, 1.82) is 5.26 Å². The van der Waals surface area contributed by atoms with E-state index in [1.54, 1.807) is 37.3 Å². The van der Waals surface area contributed by atoms with Gasteiger partial charge in [0, 0.05) is 0 Å². The summed E-state index contributed by atoms with van der Waals surface area (Å²) >= 11 is 0. The predicted octanol–water partition coefficient (Wildman–Crippen LogP) is 4.49. The van der Waals surface area contributed by atoms with E-state index in [0.717, 1.165) is 17.7 Å². The van der Waals surface area contributed by atoms with Gasteiger partial charge >= 0.3 is 6.18 Å². The van der Waals surface area contributed by atoms with E-state index in [2.05, 4.69) is 5.32 Å². The first-order valence-corrected chi connectivity index (χ1v) is 7.46. The Bertz CT molecular complexity index is 821. The number of nitrogens with zero attached hydrogens (tertiary/aromatic N) is 1. The van der Waals surface area contributed by atoms with Crippen LogP contribution >= 0.6 is 0 Å². The molecule has 0 unspecified atom stereocenters. The van der Waals surface area contributed by atoms with E-state index in [1.807, 2.05) is 6.07 Å². The smallest absolute Gasteiger partial charge is 0.345 e. The van der Waals surface area contributed by atoms with Crippen molar-refractivity contribution in [2.45, 2.75) is 19.1 Å². The minimum Gasteiger partial charge on any atom is -0.345 e. The summed E-state index contributed by atoms with van der Waals surface area (Å²) in [4.78, 5) is 12.2. The van der Waals surface area contributed by atoms with Gasteiger partial charge in [-0.2, -0.15) is 18.4 Å². The van der Waals surface area contributed by atoms with Crippen molar-refractivity contribution in [2.24, 2.45) is 0 Å². The van der Waals surface area contributed by atoms with Gasteiger partial charge in [-0.1, -0.05) is 48.5 Å². The Labute approximate surface area is 143 Å². The summed E-state index contributed by atoms with van der Waals surface area (Å²) in [5.74, 6) is -0.726. The molecule has 0 radical (unpaired) electrons. The van der Waals surface area contributed by atoms with Crippen molar-refractivity contribution in [3.05, 3.63) is 76.9 Å². The highest BCUT2D eigenvalue weighted by Crippen LogP contribution is 2.32. The largest absolute Gasteiger partial charge is 0.416 e. The minimum absolute atomic E-state index is 0.228. The maximum absolute atomic E-state index is 13.0. The molecule has 2 rings (SSSR count). The molecule has 2 aromatic carbocycles. The van der Waals surface area contributed by atoms with Crippen LogP contribution in [0.4, 0.5) is 13.2 Å². The lowest BCUT2D eigenvalue weighted by Crippen LogP contribution is -2.27. The number of rotatable bonds is 4. The highest BCUT2D eigenvalue weighted by Gasteiger charge is 2.32. The molecule has 3 nitrogen and oxygen atoms in total. The third-order valence-corrected chi connectivity index (χ3v) is 3.58. The molecule has 1 N–H and O–H groups in total. The van der Waals surface area contributed by atoms with E-state index in [1.165, 1.54) is 18.2 Å². The lowest BCUT2D eigenvalue weighted by molar-refractivity contribution is -0.137. The number of nitrogens with one attached hydrogen (secondary N) is 1. The summed E-state index contributed by atoms with van der Waals surface area (Å²) in [6, 6.07) is 15.1. The summed E-state index contributed by atoms with van der Waals surface area (Å²) in [6.45, 7) is 1.73. The van der Waals surface area contributed by atoms with Crippen molar-refractivity contribution in [2.75, 3.05) is 0 Å². The van der Waals surface area contributed by atoms with Crippen LogP contribution in [0.25, 0.3) is 6.08 Å². The van der Waals surface area contributed by atoms with Gasteiger partial charge in [0.15, 0.2) is 0 Å². The van der Waals surface area contributed by atoms with E-state index in [9.17, 15) is 23.2 Å². The second-order valence-electron chi connectivity index (χ2n) is 5.36. The van der Waals surface area contributed by atoms with Crippen LogP contribution in [-0.4, -0.2) is 5.91 Å². The minimum atomic E-state index is -4.57.